The van der Waals surface area contributed by atoms with Crippen LogP contribution in [0.5, 0.6) is 0 Å². The maximum atomic E-state index is 11.5. The molecule has 15 heavy (non-hydrogen) atoms. The average molecular weight is 203 g/mol. The monoisotopic (exact) mass is 203 g/mol. The normalized spacial score (nSPS) is 9.40. The number of amides is 1. The Morgan fingerprint density at radius 3 is 2.47 bits per heavy atom. The standard InChI is InChI=1S/C12H13NO2/c1-3-8-13-12(15)11(14)10-6-4-9(2)5-7-10/h3-7H,1,8H2,2H3,(H,13,15). The zero-order valence-electron chi connectivity index (χ0n) is 8.62. The molecular formula is C12H13NO2. The van der Waals surface area contributed by atoms with Crippen molar-refractivity contribution in [2.24, 2.45) is 0 Å². The number of hydrogen-bond acceptors (Lipinski definition) is 2. The molecule has 0 atom stereocenters. The Labute approximate surface area is 88.8 Å². The number of ketones is 1. The van der Waals surface area contributed by atoms with Crippen LogP contribution >= 0.6 is 0 Å². The van der Waals surface area contributed by atoms with Gasteiger partial charge in [0.15, 0.2) is 0 Å². The van der Waals surface area contributed by atoms with Gasteiger partial charge in [0.1, 0.15) is 0 Å². The molecule has 0 radical (unpaired) electrons. The lowest BCUT2D eigenvalue weighted by atomic mass is 10.1. The summed E-state index contributed by atoms with van der Waals surface area (Å²) >= 11 is 0. The Balaban J connectivity index is 2.72. The summed E-state index contributed by atoms with van der Waals surface area (Å²) in [4.78, 5) is 22.8. The van der Waals surface area contributed by atoms with E-state index in [1.165, 1.54) is 6.08 Å². The Morgan fingerprint density at radius 2 is 1.93 bits per heavy atom. The van der Waals surface area contributed by atoms with Crippen molar-refractivity contribution in [1.82, 2.24) is 5.32 Å². The maximum Gasteiger partial charge on any atom is 0.292 e. The molecule has 0 bridgehead atoms. The molecule has 0 fully saturated rings. The molecule has 0 heterocycles. The summed E-state index contributed by atoms with van der Waals surface area (Å²) in [6.07, 6.45) is 1.53. The molecular weight excluding hydrogens is 190 g/mol. The van der Waals surface area contributed by atoms with Crippen LogP contribution in [0, 0.1) is 6.92 Å². The molecule has 0 aromatic heterocycles. The second kappa shape index (κ2) is 5.10. The fraction of sp³-hybridized carbons (Fsp3) is 0.167. The van der Waals surface area contributed by atoms with Crippen LogP contribution in [-0.2, 0) is 4.79 Å². The quantitative estimate of drug-likeness (QED) is 0.457. The van der Waals surface area contributed by atoms with E-state index in [4.69, 9.17) is 0 Å². The fourth-order valence-corrected chi connectivity index (χ4v) is 1.08. The van der Waals surface area contributed by atoms with Crippen molar-refractivity contribution in [2.75, 3.05) is 6.54 Å². The Bertz CT molecular complexity index is 379. The van der Waals surface area contributed by atoms with Gasteiger partial charge in [-0.2, -0.15) is 0 Å². The molecule has 0 saturated carbocycles. The minimum Gasteiger partial charge on any atom is -0.346 e. The van der Waals surface area contributed by atoms with Gasteiger partial charge in [-0.3, -0.25) is 9.59 Å². The third-order valence-electron chi connectivity index (χ3n) is 1.93. The smallest absolute Gasteiger partial charge is 0.292 e. The van der Waals surface area contributed by atoms with Gasteiger partial charge in [-0.1, -0.05) is 35.9 Å². The first kappa shape index (κ1) is 11.2. The highest BCUT2D eigenvalue weighted by Gasteiger charge is 2.14. The first-order chi connectivity index (χ1) is 7.15. The molecule has 3 heteroatoms. The van der Waals surface area contributed by atoms with Crippen LogP contribution < -0.4 is 5.32 Å². The molecule has 1 amide bonds. The summed E-state index contributed by atoms with van der Waals surface area (Å²) in [5.41, 5.74) is 1.46. The van der Waals surface area contributed by atoms with Crippen molar-refractivity contribution in [3.63, 3.8) is 0 Å². The minimum absolute atomic E-state index is 0.302. The molecule has 0 aliphatic carbocycles. The zero-order valence-corrected chi connectivity index (χ0v) is 8.62. The molecule has 1 N–H and O–H groups in total. The van der Waals surface area contributed by atoms with Crippen molar-refractivity contribution in [2.45, 2.75) is 6.92 Å². The predicted molar refractivity (Wildman–Crippen MR) is 58.7 cm³/mol. The number of aryl methyl sites for hydroxylation is 1. The van der Waals surface area contributed by atoms with Crippen LogP contribution in [0.1, 0.15) is 15.9 Å². The molecule has 1 aromatic rings. The summed E-state index contributed by atoms with van der Waals surface area (Å²) in [6, 6.07) is 6.89. The van der Waals surface area contributed by atoms with E-state index in [0.29, 0.717) is 12.1 Å². The number of carbonyl (C=O) groups is 2. The molecule has 78 valence electrons. The van der Waals surface area contributed by atoms with Gasteiger partial charge in [-0.25, -0.2) is 0 Å². The van der Waals surface area contributed by atoms with Gasteiger partial charge in [-0.05, 0) is 6.92 Å². The highest BCUT2D eigenvalue weighted by molar-refractivity contribution is 6.42. The van der Waals surface area contributed by atoms with Crippen LogP contribution in [0.3, 0.4) is 0 Å². The lowest BCUT2D eigenvalue weighted by Gasteiger charge is -2.01. The number of benzene rings is 1. The first-order valence-electron chi connectivity index (χ1n) is 4.65. The number of carbonyl (C=O) groups excluding carboxylic acids is 2. The molecule has 1 rings (SSSR count). The van der Waals surface area contributed by atoms with Gasteiger partial charge < -0.3 is 5.32 Å². The maximum absolute atomic E-state index is 11.5. The number of nitrogens with one attached hydrogen (secondary N) is 1. The third-order valence-corrected chi connectivity index (χ3v) is 1.93. The van der Waals surface area contributed by atoms with Gasteiger partial charge in [0.2, 0.25) is 5.78 Å². The van der Waals surface area contributed by atoms with E-state index in [1.54, 1.807) is 24.3 Å². The summed E-state index contributed by atoms with van der Waals surface area (Å²) in [7, 11) is 0. The zero-order chi connectivity index (χ0) is 11.3. The van der Waals surface area contributed by atoms with Crippen LogP contribution in [0.25, 0.3) is 0 Å². The molecule has 3 nitrogen and oxygen atoms in total. The molecule has 0 spiro atoms. The van der Waals surface area contributed by atoms with E-state index in [9.17, 15) is 9.59 Å². The van der Waals surface area contributed by atoms with Crippen molar-refractivity contribution in [3.05, 3.63) is 48.0 Å². The Hall–Kier alpha value is -1.90. The number of Topliss-reactive ketones (excluding diaryl/α,β-unsaturated/α-hetero) is 1. The van der Waals surface area contributed by atoms with Crippen LogP contribution in [0.4, 0.5) is 0 Å². The van der Waals surface area contributed by atoms with E-state index in [2.05, 4.69) is 11.9 Å². The lowest BCUT2D eigenvalue weighted by molar-refractivity contribution is -0.116. The topological polar surface area (TPSA) is 46.2 Å². The van der Waals surface area contributed by atoms with Gasteiger partial charge in [0.05, 0.1) is 0 Å². The van der Waals surface area contributed by atoms with E-state index >= 15 is 0 Å². The molecule has 0 aliphatic rings. The second-order valence-corrected chi connectivity index (χ2v) is 3.19. The van der Waals surface area contributed by atoms with Gasteiger partial charge in [-0.15, -0.1) is 6.58 Å². The highest BCUT2D eigenvalue weighted by Crippen LogP contribution is 2.03. The highest BCUT2D eigenvalue weighted by atomic mass is 16.2. The Kier molecular flexibility index (Phi) is 3.80. The number of rotatable bonds is 4. The SMILES string of the molecule is C=CCNC(=O)C(=O)c1ccc(C)cc1. The third kappa shape index (κ3) is 3.06. The van der Waals surface area contributed by atoms with Crippen molar-refractivity contribution >= 4 is 11.7 Å². The van der Waals surface area contributed by atoms with Gasteiger partial charge in [0, 0.05) is 12.1 Å². The predicted octanol–water partition coefficient (Wildman–Crippen LogP) is 1.48. The van der Waals surface area contributed by atoms with E-state index in [-0.39, 0.29) is 0 Å². The van der Waals surface area contributed by atoms with E-state index in [1.807, 2.05) is 6.92 Å². The van der Waals surface area contributed by atoms with E-state index < -0.39 is 11.7 Å². The van der Waals surface area contributed by atoms with Gasteiger partial charge in [0.25, 0.3) is 5.91 Å². The number of hydrogen-bond donors (Lipinski definition) is 1. The first-order valence-corrected chi connectivity index (χ1v) is 4.65. The van der Waals surface area contributed by atoms with Crippen molar-refractivity contribution in [1.29, 1.82) is 0 Å². The van der Waals surface area contributed by atoms with E-state index in [0.717, 1.165) is 5.56 Å². The largest absolute Gasteiger partial charge is 0.346 e. The molecule has 0 saturated heterocycles. The summed E-state index contributed by atoms with van der Waals surface area (Å²) < 4.78 is 0. The van der Waals surface area contributed by atoms with Crippen LogP contribution in [0.2, 0.25) is 0 Å². The molecule has 0 unspecified atom stereocenters. The minimum atomic E-state index is -0.598. The summed E-state index contributed by atoms with van der Waals surface area (Å²) in [6.45, 7) is 5.67. The van der Waals surface area contributed by atoms with Crippen molar-refractivity contribution < 1.29 is 9.59 Å². The second-order valence-electron chi connectivity index (χ2n) is 3.19. The average Bonchev–Trinajstić information content (AvgIpc) is 2.26. The van der Waals surface area contributed by atoms with Crippen molar-refractivity contribution in [3.8, 4) is 0 Å². The van der Waals surface area contributed by atoms with Gasteiger partial charge >= 0.3 is 0 Å². The summed E-state index contributed by atoms with van der Waals surface area (Å²) in [5, 5.41) is 2.44. The fourth-order valence-electron chi connectivity index (χ4n) is 1.08. The summed E-state index contributed by atoms with van der Waals surface area (Å²) in [5.74, 6) is -1.12. The molecule has 0 aliphatic heterocycles. The van der Waals surface area contributed by atoms with Crippen LogP contribution in [-0.4, -0.2) is 18.2 Å². The van der Waals surface area contributed by atoms with Crippen LogP contribution in [0.15, 0.2) is 36.9 Å². The molecule has 1 aromatic carbocycles. The lowest BCUT2D eigenvalue weighted by Crippen LogP contribution is -2.30. The Morgan fingerprint density at radius 1 is 1.33 bits per heavy atom.